The Hall–Kier alpha value is -2.55. The third-order valence-corrected chi connectivity index (χ3v) is 3.17. The van der Waals surface area contributed by atoms with Crippen LogP contribution in [0.4, 0.5) is 0 Å². The van der Waals surface area contributed by atoms with Crippen LogP contribution in [0.15, 0.2) is 60.2 Å². The van der Waals surface area contributed by atoms with Gasteiger partial charge >= 0.3 is 5.97 Å². The lowest BCUT2D eigenvalue weighted by atomic mass is 10.1. The summed E-state index contributed by atoms with van der Waals surface area (Å²) in [5.41, 5.74) is 0.893. The Balaban J connectivity index is 2.32. The number of carbonyl (C=O) groups is 1. The molecule has 0 fully saturated rings. The van der Waals surface area contributed by atoms with E-state index in [1.54, 1.807) is 0 Å². The number of allylic oxidation sites excluding steroid dienone is 2. The first-order chi connectivity index (χ1) is 11.1. The van der Waals surface area contributed by atoms with Gasteiger partial charge in [-0.2, -0.15) is 0 Å². The van der Waals surface area contributed by atoms with Crippen molar-refractivity contribution in [3.63, 3.8) is 0 Å². The van der Waals surface area contributed by atoms with Crippen molar-refractivity contribution < 1.29 is 14.3 Å². The van der Waals surface area contributed by atoms with E-state index in [-0.39, 0.29) is 0 Å². The van der Waals surface area contributed by atoms with E-state index in [1.807, 2.05) is 62.4 Å². The van der Waals surface area contributed by atoms with Crippen LogP contribution in [0.25, 0.3) is 10.8 Å². The zero-order chi connectivity index (χ0) is 16.7. The van der Waals surface area contributed by atoms with Crippen LogP contribution in [0.2, 0.25) is 0 Å². The Morgan fingerprint density at radius 2 is 1.70 bits per heavy atom. The average Bonchev–Trinajstić information content (AvgIpc) is 2.51. The molecular formula is C20H22O3. The van der Waals surface area contributed by atoms with Crippen LogP contribution in [0, 0.1) is 0 Å². The van der Waals surface area contributed by atoms with E-state index in [0.29, 0.717) is 18.1 Å². The highest BCUT2D eigenvalue weighted by molar-refractivity contribution is 5.89. The largest absolute Gasteiger partial charge is 0.486 e. The van der Waals surface area contributed by atoms with Gasteiger partial charge < -0.3 is 9.47 Å². The molecular weight excluding hydrogens is 288 g/mol. The molecule has 120 valence electrons. The highest BCUT2D eigenvalue weighted by Gasteiger charge is 2.10. The Labute approximate surface area is 137 Å². The minimum Gasteiger partial charge on any atom is -0.486 e. The Morgan fingerprint density at radius 1 is 1.04 bits per heavy atom. The van der Waals surface area contributed by atoms with Crippen molar-refractivity contribution >= 4 is 16.7 Å². The van der Waals surface area contributed by atoms with E-state index in [9.17, 15) is 4.79 Å². The van der Waals surface area contributed by atoms with Crippen molar-refractivity contribution in [1.82, 2.24) is 0 Å². The maximum absolute atomic E-state index is 11.9. The van der Waals surface area contributed by atoms with E-state index in [2.05, 4.69) is 6.92 Å². The molecule has 0 heterocycles. The van der Waals surface area contributed by atoms with E-state index in [0.717, 1.165) is 22.8 Å². The minimum atomic E-state index is -0.394. The van der Waals surface area contributed by atoms with Crippen LogP contribution < -0.4 is 9.47 Å². The number of benzene rings is 2. The topological polar surface area (TPSA) is 35.5 Å². The summed E-state index contributed by atoms with van der Waals surface area (Å²) < 4.78 is 11.2. The predicted octanol–water partition coefficient (Wildman–Crippen LogP) is 5.06. The summed E-state index contributed by atoms with van der Waals surface area (Å²) in [6.45, 7) is 6.22. The van der Waals surface area contributed by atoms with Crippen LogP contribution in [0.1, 0.15) is 27.2 Å². The maximum Gasteiger partial charge on any atom is 0.336 e. The number of carbonyl (C=O) groups excluding carboxylic acids is 1. The van der Waals surface area contributed by atoms with Crippen molar-refractivity contribution in [3.05, 3.63) is 60.2 Å². The molecule has 0 radical (unpaired) electrons. The molecule has 0 saturated heterocycles. The first-order valence-corrected chi connectivity index (χ1v) is 7.77. The van der Waals surface area contributed by atoms with Gasteiger partial charge in [0.1, 0.15) is 6.61 Å². The monoisotopic (exact) mass is 310 g/mol. The molecule has 0 spiro atoms. The molecule has 2 aromatic rings. The van der Waals surface area contributed by atoms with Crippen LogP contribution >= 0.6 is 0 Å². The number of esters is 1. The Kier molecular flexibility index (Phi) is 5.98. The van der Waals surface area contributed by atoms with Gasteiger partial charge in [-0.15, -0.1) is 0 Å². The van der Waals surface area contributed by atoms with Gasteiger partial charge in [0, 0.05) is 6.08 Å². The summed E-state index contributed by atoms with van der Waals surface area (Å²) in [5, 5.41) is 2.05. The Bertz CT molecular complexity index is 738. The minimum absolute atomic E-state index is 0.394. The van der Waals surface area contributed by atoms with Gasteiger partial charge in [0.05, 0.1) is 0 Å². The molecule has 3 heteroatoms. The quantitative estimate of drug-likeness (QED) is 0.324. The smallest absolute Gasteiger partial charge is 0.336 e. The second-order valence-corrected chi connectivity index (χ2v) is 5.48. The second-order valence-electron chi connectivity index (χ2n) is 5.48. The molecule has 0 aliphatic carbocycles. The third-order valence-electron chi connectivity index (χ3n) is 3.17. The fourth-order valence-electron chi connectivity index (χ4n) is 2.14. The number of hydrogen-bond donors (Lipinski definition) is 0. The van der Waals surface area contributed by atoms with Gasteiger partial charge in [-0.1, -0.05) is 48.9 Å². The lowest BCUT2D eigenvalue weighted by Gasteiger charge is -2.11. The highest BCUT2D eigenvalue weighted by Crippen LogP contribution is 2.33. The molecule has 0 bridgehead atoms. The number of fused-ring (bicyclic) bond motifs is 1. The van der Waals surface area contributed by atoms with Gasteiger partial charge in [-0.3, -0.25) is 0 Å². The van der Waals surface area contributed by atoms with Gasteiger partial charge in [0.2, 0.25) is 0 Å². The molecule has 0 aliphatic rings. The molecule has 2 aromatic carbocycles. The summed E-state index contributed by atoms with van der Waals surface area (Å²) in [5.74, 6) is 0.616. The molecule has 0 saturated carbocycles. The fraction of sp³-hybridized carbons (Fsp3) is 0.250. The molecule has 0 amide bonds. The molecule has 2 rings (SSSR count). The van der Waals surface area contributed by atoms with Crippen molar-refractivity contribution in [1.29, 1.82) is 0 Å². The summed E-state index contributed by atoms with van der Waals surface area (Å²) in [6, 6.07) is 11.7. The van der Waals surface area contributed by atoms with Crippen molar-refractivity contribution in [2.45, 2.75) is 27.2 Å². The molecule has 3 nitrogen and oxygen atoms in total. The summed E-state index contributed by atoms with van der Waals surface area (Å²) in [4.78, 5) is 11.9. The average molecular weight is 310 g/mol. The lowest BCUT2D eigenvalue weighted by molar-refractivity contribution is -0.129. The van der Waals surface area contributed by atoms with E-state index < -0.39 is 5.97 Å². The summed E-state index contributed by atoms with van der Waals surface area (Å²) in [6.07, 6.45) is 6.42. The molecule has 0 atom stereocenters. The van der Waals surface area contributed by atoms with Crippen molar-refractivity contribution in [2.24, 2.45) is 0 Å². The van der Waals surface area contributed by atoms with Gasteiger partial charge in [-0.05, 0) is 43.2 Å². The normalized spacial score (nSPS) is 10.7. The molecule has 23 heavy (non-hydrogen) atoms. The highest BCUT2D eigenvalue weighted by atomic mass is 16.6. The van der Waals surface area contributed by atoms with Crippen molar-refractivity contribution in [3.8, 4) is 11.5 Å². The number of ether oxygens (including phenoxy) is 2. The molecule has 0 aromatic heterocycles. The van der Waals surface area contributed by atoms with Crippen LogP contribution in [-0.2, 0) is 4.79 Å². The van der Waals surface area contributed by atoms with E-state index in [1.165, 1.54) is 6.08 Å². The van der Waals surface area contributed by atoms with Gasteiger partial charge in [0.15, 0.2) is 11.5 Å². The summed E-state index contributed by atoms with van der Waals surface area (Å²) in [7, 11) is 0. The van der Waals surface area contributed by atoms with E-state index >= 15 is 0 Å². The van der Waals surface area contributed by atoms with Crippen LogP contribution in [0.5, 0.6) is 11.5 Å². The SMILES string of the molecule is CCC=CCOc1cc2ccccc2cc1OC(=O)C=C(C)C. The first kappa shape index (κ1) is 16.8. The fourth-order valence-corrected chi connectivity index (χ4v) is 2.14. The molecule has 0 unspecified atom stereocenters. The molecule has 0 aliphatic heterocycles. The number of rotatable bonds is 6. The maximum atomic E-state index is 11.9. The third kappa shape index (κ3) is 4.99. The standard InChI is InChI=1S/C20H22O3/c1-4-5-8-11-22-18-13-16-9-6-7-10-17(16)14-19(18)23-20(21)12-15(2)3/h5-10,12-14H,4,11H2,1-3H3. The number of hydrogen-bond acceptors (Lipinski definition) is 3. The predicted molar refractivity (Wildman–Crippen MR) is 93.9 cm³/mol. The first-order valence-electron chi connectivity index (χ1n) is 7.77. The van der Waals surface area contributed by atoms with Gasteiger partial charge in [-0.25, -0.2) is 4.79 Å². The Morgan fingerprint density at radius 3 is 2.30 bits per heavy atom. The zero-order valence-electron chi connectivity index (χ0n) is 13.8. The summed E-state index contributed by atoms with van der Waals surface area (Å²) >= 11 is 0. The zero-order valence-corrected chi connectivity index (χ0v) is 13.8. The lowest BCUT2D eigenvalue weighted by Crippen LogP contribution is -2.06. The van der Waals surface area contributed by atoms with Crippen molar-refractivity contribution in [2.75, 3.05) is 6.61 Å². The van der Waals surface area contributed by atoms with E-state index in [4.69, 9.17) is 9.47 Å². The van der Waals surface area contributed by atoms with Gasteiger partial charge in [0.25, 0.3) is 0 Å². The van der Waals surface area contributed by atoms with Crippen LogP contribution in [0.3, 0.4) is 0 Å². The second kappa shape index (κ2) is 8.18. The van der Waals surface area contributed by atoms with Crippen LogP contribution in [-0.4, -0.2) is 12.6 Å². The molecule has 0 N–H and O–H groups in total.